The van der Waals surface area contributed by atoms with Gasteiger partial charge in [-0.2, -0.15) is 0 Å². The fourth-order valence-corrected chi connectivity index (χ4v) is 2.30. The summed E-state index contributed by atoms with van der Waals surface area (Å²) in [6.07, 6.45) is 4.32. The highest BCUT2D eigenvalue weighted by molar-refractivity contribution is 5.30. The van der Waals surface area contributed by atoms with Gasteiger partial charge in [0, 0.05) is 11.6 Å². The lowest BCUT2D eigenvalue weighted by Crippen LogP contribution is -2.16. The van der Waals surface area contributed by atoms with Gasteiger partial charge in [-0.15, -0.1) is 0 Å². The molecule has 0 unspecified atom stereocenters. The lowest BCUT2D eigenvalue weighted by atomic mass is 10.0. The summed E-state index contributed by atoms with van der Waals surface area (Å²) in [6, 6.07) is 11.0. The summed E-state index contributed by atoms with van der Waals surface area (Å²) >= 11 is 0. The average Bonchev–Trinajstić information content (AvgIpc) is 3.21. The predicted molar refractivity (Wildman–Crippen MR) is 83.4 cm³/mol. The summed E-state index contributed by atoms with van der Waals surface area (Å²) in [5.74, 6) is 2.42. The molecule has 2 aromatic rings. The van der Waals surface area contributed by atoms with Gasteiger partial charge in [0.15, 0.2) is 0 Å². The van der Waals surface area contributed by atoms with Crippen LogP contribution in [-0.4, -0.2) is 6.04 Å². The number of hydrogen-bond acceptors (Lipinski definition) is 3. The highest BCUT2D eigenvalue weighted by Gasteiger charge is 2.21. The number of furan rings is 1. The lowest BCUT2D eigenvalue weighted by Gasteiger charge is -2.10. The molecular weight excluding hydrogens is 262 g/mol. The Labute approximate surface area is 126 Å². The van der Waals surface area contributed by atoms with E-state index in [0.717, 1.165) is 23.6 Å². The van der Waals surface area contributed by atoms with Crippen LogP contribution in [0.25, 0.3) is 0 Å². The normalized spacial score (nSPS) is 14.6. The van der Waals surface area contributed by atoms with E-state index >= 15 is 0 Å². The molecule has 0 spiro atoms. The van der Waals surface area contributed by atoms with Gasteiger partial charge in [0.1, 0.15) is 18.1 Å². The molecule has 0 amide bonds. The molecule has 3 heteroatoms. The molecule has 1 aromatic heterocycles. The summed E-state index contributed by atoms with van der Waals surface area (Å²) in [6.45, 7) is 5.73. The van der Waals surface area contributed by atoms with Crippen molar-refractivity contribution in [2.45, 2.75) is 51.8 Å². The van der Waals surface area contributed by atoms with E-state index in [1.807, 2.05) is 12.1 Å². The highest BCUT2D eigenvalue weighted by Crippen LogP contribution is 2.23. The van der Waals surface area contributed by atoms with Crippen LogP contribution < -0.4 is 10.1 Å². The molecule has 0 saturated heterocycles. The molecule has 3 nitrogen and oxygen atoms in total. The first-order valence-electron chi connectivity index (χ1n) is 7.74. The molecule has 1 aliphatic rings. The maximum Gasteiger partial charge on any atom is 0.124 e. The molecule has 0 atom stereocenters. The summed E-state index contributed by atoms with van der Waals surface area (Å²) < 4.78 is 11.5. The minimum Gasteiger partial charge on any atom is -0.489 e. The second kappa shape index (κ2) is 6.35. The summed E-state index contributed by atoms with van der Waals surface area (Å²) in [5.41, 5.74) is 2.42. The molecule has 1 aromatic carbocycles. The summed E-state index contributed by atoms with van der Waals surface area (Å²) in [7, 11) is 0. The van der Waals surface area contributed by atoms with Gasteiger partial charge in [0.05, 0.1) is 12.8 Å². The maximum absolute atomic E-state index is 5.92. The van der Waals surface area contributed by atoms with Crippen LogP contribution in [-0.2, 0) is 13.2 Å². The van der Waals surface area contributed by atoms with Gasteiger partial charge < -0.3 is 14.5 Å². The van der Waals surface area contributed by atoms with E-state index in [-0.39, 0.29) is 0 Å². The highest BCUT2D eigenvalue weighted by atomic mass is 16.5. The quantitative estimate of drug-likeness (QED) is 0.826. The topological polar surface area (TPSA) is 34.4 Å². The monoisotopic (exact) mass is 285 g/mol. The van der Waals surface area contributed by atoms with Gasteiger partial charge >= 0.3 is 0 Å². The smallest absolute Gasteiger partial charge is 0.124 e. The lowest BCUT2D eigenvalue weighted by molar-refractivity contribution is 0.301. The van der Waals surface area contributed by atoms with Gasteiger partial charge in [-0.25, -0.2) is 0 Å². The molecule has 21 heavy (non-hydrogen) atoms. The van der Waals surface area contributed by atoms with Crippen molar-refractivity contribution in [3.05, 3.63) is 53.5 Å². The Morgan fingerprint density at radius 2 is 2.14 bits per heavy atom. The predicted octanol–water partition coefficient (Wildman–Crippen LogP) is 4.23. The Morgan fingerprint density at radius 1 is 1.29 bits per heavy atom. The third-order valence-electron chi connectivity index (χ3n) is 3.89. The summed E-state index contributed by atoms with van der Waals surface area (Å²) in [5, 5.41) is 3.47. The third-order valence-corrected chi connectivity index (χ3v) is 3.89. The minimum atomic E-state index is 0.515. The van der Waals surface area contributed by atoms with E-state index < -0.39 is 0 Å². The van der Waals surface area contributed by atoms with Gasteiger partial charge in [-0.05, 0) is 42.5 Å². The Hall–Kier alpha value is -1.74. The minimum absolute atomic E-state index is 0.515. The molecule has 3 rings (SSSR count). The van der Waals surface area contributed by atoms with Gasteiger partial charge in [-0.3, -0.25) is 0 Å². The molecule has 1 saturated carbocycles. The Morgan fingerprint density at radius 3 is 2.90 bits per heavy atom. The largest absolute Gasteiger partial charge is 0.489 e. The molecule has 0 aliphatic heterocycles. The van der Waals surface area contributed by atoms with E-state index in [2.05, 4.69) is 37.4 Å². The number of benzene rings is 1. The van der Waals surface area contributed by atoms with E-state index in [0.29, 0.717) is 18.6 Å². The van der Waals surface area contributed by atoms with Crippen molar-refractivity contribution in [3.63, 3.8) is 0 Å². The van der Waals surface area contributed by atoms with Crippen LogP contribution in [0, 0.1) is 0 Å². The van der Waals surface area contributed by atoms with E-state index in [9.17, 15) is 0 Å². The van der Waals surface area contributed by atoms with Crippen molar-refractivity contribution in [2.24, 2.45) is 0 Å². The molecule has 0 radical (unpaired) electrons. The summed E-state index contributed by atoms with van der Waals surface area (Å²) in [4.78, 5) is 0. The first-order valence-corrected chi connectivity index (χ1v) is 7.74. The van der Waals surface area contributed by atoms with Crippen LogP contribution in [0.1, 0.15) is 49.5 Å². The van der Waals surface area contributed by atoms with Crippen LogP contribution in [0.5, 0.6) is 5.75 Å². The first-order chi connectivity index (χ1) is 10.2. The van der Waals surface area contributed by atoms with Crippen LogP contribution in [0.15, 0.2) is 41.0 Å². The standard InChI is InChI=1S/C18H23NO2/c1-13(2)14-4-3-5-17(10-14)21-12-15-8-9-20-18(15)11-19-16-6-7-16/h3-5,8-10,13,16,19H,6-7,11-12H2,1-2H3. The Bertz CT molecular complexity index is 584. The van der Waals surface area contributed by atoms with Crippen LogP contribution in [0.2, 0.25) is 0 Å². The average molecular weight is 285 g/mol. The van der Waals surface area contributed by atoms with Gasteiger partial charge in [0.2, 0.25) is 0 Å². The fourth-order valence-electron chi connectivity index (χ4n) is 2.30. The number of rotatable bonds is 7. The van der Waals surface area contributed by atoms with Crippen molar-refractivity contribution in [1.82, 2.24) is 5.32 Å². The van der Waals surface area contributed by atoms with Crippen LogP contribution in [0.3, 0.4) is 0 Å². The Kier molecular flexibility index (Phi) is 4.30. The van der Waals surface area contributed by atoms with Crippen molar-refractivity contribution in [3.8, 4) is 5.75 Å². The third kappa shape index (κ3) is 3.88. The fraction of sp³-hybridized carbons (Fsp3) is 0.444. The zero-order valence-corrected chi connectivity index (χ0v) is 12.8. The van der Waals surface area contributed by atoms with E-state index in [4.69, 9.17) is 9.15 Å². The van der Waals surface area contributed by atoms with E-state index in [1.165, 1.54) is 18.4 Å². The molecule has 1 fully saturated rings. The second-order valence-electron chi connectivity index (χ2n) is 6.04. The zero-order valence-electron chi connectivity index (χ0n) is 12.8. The van der Waals surface area contributed by atoms with Crippen molar-refractivity contribution >= 4 is 0 Å². The van der Waals surface area contributed by atoms with Gasteiger partial charge in [0.25, 0.3) is 0 Å². The van der Waals surface area contributed by atoms with Crippen LogP contribution >= 0.6 is 0 Å². The number of ether oxygens (including phenoxy) is 1. The number of hydrogen-bond donors (Lipinski definition) is 1. The molecule has 112 valence electrons. The van der Waals surface area contributed by atoms with Gasteiger partial charge in [-0.1, -0.05) is 26.0 Å². The van der Waals surface area contributed by atoms with Crippen molar-refractivity contribution in [2.75, 3.05) is 0 Å². The molecular formula is C18H23NO2. The van der Waals surface area contributed by atoms with Crippen molar-refractivity contribution in [1.29, 1.82) is 0 Å². The SMILES string of the molecule is CC(C)c1cccc(OCc2ccoc2CNC2CC2)c1. The maximum atomic E-state index is 5.92. The zero-order chi connectivity index (χ0) is 14.7. The van der Waals surface area contributed by atoms with Crippen LogP contribution in [0.4, 0.5) is 0 Å². The van der Waals surface area contributed by atoms with E-state index in [1.54, 1.807) is 6.26 Å². The second-order valence-corrected chi connectivity index (χ2v) is 6.04. The first kappa shape index (κ1) is 14.2. The number of nitrogens with one attached hydrogen (secondary N) is 1. The Balaban J connectivity index is 1.59. The molecule has 1 N–H and O–H groups in total. The van der Waals surface area contributed by atoms with Crippen molar-refractivity contribution < 1.29 is 9.15 Å². The molecule has 1 heterocycles. The molecule has 1 aliphatic carbocycles. The molecule has 0 bridgehead atoms.